The van der Waals surface area contributed by atoms with E-state index in [0.29, 0.717) is 12.1 Å². The van der Waals surface area contributed by atoms with Crippen molar-refractivity contribution in [1.29, 1.82) is 0 Å². The number of carbonyl (C=O) groups is 2. The number of aliphatic hydroxyl groups is 1. The van der Waals surface area contributed by atoms with Crippen molar-refractivity contribution >= 4 is 22.9 Å². The molecule has 1 amide bonds. The normalized spacial score (nSPS) is 12.3. The van der Waals surface area contributed by atoms with E-state index in [1.54, 1.807) is 16.8 Å². The zero-order valence-electron chi connectivity index (χ0n) is 10.8. The molecular weight excluding hydrogens is 264 g/mol. The second-order valence-electron chi connectivity index (χ2n) is 4.16. The van der Waals surface area contributed by atoms with Crippen LogP contribution in [0.4, 0.5) is 0 Å². The zero-order chi connectivity index (χ0) is 14.7. The van der Waals surface area contributed by atoms with Gasteiger partial charge in [0.15, 0.2) is 6.04 Å². The van der Waals surface area contributed by atoms with E-state index in [4.69, 9.17) is 10.2 Å². The molecule has 2 rings (SSSR count). The number of nitrogens with zero attached hydrogens (tertiary/aromatic N) is 3. The van der Waals surface area contributed by atoms with E-state index in [2.05, 4.69) is 15.6 Å². The van der Waals surface area contributed by atoms with Gasteiger partial charge in [-0.2, -0.15) is 0 Å². The first-order valence-corrected chi connectivity index (χ1v) is 6.04. The molecule has 0 bridgehead atoms. The van der Waals surface area contributed by atoms with Crippen LogP contribution >= 0.6 is 0 Å². The van der Waals surface area contributed by atoms with Gasteiger partial charge < -0.3 is 15.5 Å². The molecule has 0 fully saturated rings. The summed E-state index contributed by atoms with van der Waals surface area (Å²) in [6, 6.07) is 3.45. The first kappa shape index (κ1) is 13.9. The zero-order valence-corrected chi connectivity index (χ0v) is 10.8. The van der Waals surface area contributed by atoms with Crippen molar-refractivity contribution in [3.63, 3.8) is 0 Å². The summed E-state index contributed by atoms with van der Waals surface area (Å²) in [6.45, 7) is 1.91. The molecular formula is C12H14N4O4. The number of aliphatic carboxylic acids is 1. The van der Waals surface area contributed by atoms with Crippen LogP contribution in [0.3, 0.4) is 0 Å². The largest absolute Gasteiger partial charge is 0.480 e. The highest BCUT2D eigenvalue weighted by atomic mass is 16.4. The summed E-state index contributed by atoms with van der Waals surface area (Å²) < 4.78 is 1.69. The van der Waals surface area contributed by atoms with Gasteiger partial charge in [-0.25, -0.2) is 9.48 Å². The Balaban J connectivity index is 2.24. The van der Waals surface area contributed by atoms with Crippen LogP contribution in [0.5, 0.6) is 0 Å². The lowest BCUT2D eigenvalue weighted by Gasteiger charge is -2.11. The van der Waals surface area contributed by atoms with Crippen molar-refractivity contribution in [2.45, 2.75) is 19.5 Å². The highest BCUT2D eigenvalue weighted by Crippen LogP contribution is 2.13. The summed E-state index contributed by atoms with van der Waals surface area (Å²) in [7, 11) is 0. The van der Waals surface area contributed by atoms with Gasteiger partial charge in [0.25, 0.3) is 5.91 Å². The molecule has 0 saturated heterocycles. The molecule has 20 heavy (non-hydrogen) atoms. The number of amides is 1. The summed E-state index contributed by atoms with van der Waals surface area (Å²) in [6.07, 6.45) is 0. The number of carbonyl (C=O) groups excluding carboxylic acids is 1. The number of nitrogens with one attached hydrogen (secondary N) is 1. The van der Waals surface area contributed by atoms with Crippen LogP contribution in [-0.4, -0.2) is 49.7 Å². The van der Waals surface area contributed by atoms with Gasteiger partial charge in [-0.15, -0.1) is 5.10 Å². The van der Waals surface area contributed by atoms with Gasteiger partial charge in [0.2, 0.25) is 0 Å². The van der Waals surface area contributed by atoms with Crippen LogP contribution in [0.15, 0.2) is 18.2 Å². The predicted molar refractivity (Wildman–Crippen MR) is 69.2 cm³/mol. The number of carboxylic acid groups (broad SMARTS) is 1. The minimum Gasteiger partial charge on any atom is -0.480 e. The number of aliphatic hydroxyl groups excluding tert-OH is 1. The van der Waals surface area contributed by atoms with Crippen LogP contribution < -0.4 is 5.32 Å². The second kappa shape index (κ2) is 5.66. The number of carboxylic acids is 1. The summed E-state index contributed by atoms with van der Waals surface area (Å²) in [5.41, 5.74) is 1.61. The number of benzene rings is 1. The fraction of sp³-hybridized carbons (Fsp3) is 0.333. The highest BCUT2D eigenvalue weighted by Gasteiger charge is 2.20. The molecule has 1 unspecified atom stereocenters. The van der Waals surface area contributed by atoms with Gasteiger partial charge >= 0.3 is 5.97 Å². The minimum atomic E-state index is -1.33. The third-order valence-electron chi connectivity index (χ3n) is 2.86. The van der Waals surface area contributed by atoms with Crippen LogP contribution in [0.1, 0.15) is 17.3 Å². The molecule has 0 aliphatic rings. The Morgan fingerprint density at radius 3 is 2.80 bits per heavy atom. The van der Waals surface area contributed by atoms with E-state index in [-0.39, 0.29) is 5.56 Å². The Kier molecular flexibility index (Phi) is 3.94. The Bertz CT molecular complexity index is 652. The average Bonchev–Trinajstić information content (AvgIpc) is 2.86. The Labute approximate surface area is 114 Å². The van der Waals surface area contributed by atoms with Crippen LogP contribution in [-0.2, 0) is 11.3 Å². The summed E-state index contributed by atoms with van der Waals surface area (Å²) >= 11 is 0. The first-order chi connectivity index (χ1) is 9.56. The average molecular weight is 278 g/mol. The molecule has 0 aliphatic carbocycles. The van der Waals surface area contributed by atoms with E-state index in [0.717, 1.165) is 5.52 Å². The van der Waals surface area contributed by atoms with Crippen molar-refractivity contribution in [3.05, 3.63) is 23.8 Å². The van der Waals surface area contributed by atoms with Crippen molar-refractivity contribution in [3.8, 4) is 0 Å². The molecule has 0 spiro atoms. The van der Waals surface area contributed by atoms with Crippen molar-refractivity contribution < 1.29 is 19.8 Å². The summed E-state index contributed by atoms with van der Waals surface area (Å²) in [5, 5.41) is 27.7. The van der Waals surface area contributed by atoms with Gasteiger partial charge in [0, 0.05) is 12.1 Å². The van der Waals surface area contributed by atoms with Crippen LogP contribution in [0, 0.1) is 0 Å². The number of rotatable bonds is 5. The molecule has 1 aromatic heterocycles. The molecule has 106 valence electrons. The van der Waals surface area contributed by atoms with Gasteiger partial charge in [0.1, 0.15) is 5.52 Å². The molecule has 1 atom stereocenters. The lowest BCUT2D eigenvalue weighted by atomic mass is 10.1. The number of hydrogen-bond donors (Lipinski definition) is 3. The lowest BCUT2D eigenvalue weighted by molar-refractivity contribution is -0.140. The van der Waals surface area contributed by atoms with Gasteiger partial charge in [0.05, 0.1) is 12.1 Å². The fourth-order valence-electron chi connectivity index (χ4n) is 1.77. The number of hydrogen-bond acceptors (Lipinski definition) is 5. The standard InChI is InChI=1S/C12H14N4O4/c1-2-16-10-4-3-7(5-8(10)14-15-16)11(18)13-9(6-17)12(19)20/h3-5,9,17H,2,6H2,1H3,(H,13,18)(H,19,20). The summed E-state index contributed by atoms with van der Waals surface area (Å²) in [5.74, 6) is -1.88. The monoisotopic (exact) mass is 278 g/mol. The smallest absolute Gasteiger partial charge is 0.328 e. The van der Waals surface area contributed by atoms with Gasteiger partial charge in [-0.05, 0) is 25.1 Å². The maximum Gasteiger partial charge on any atom is 0.328 e. The van der Waals surface area contributed by atoms with Crippen molar-refractivity contribution in [1.82, 2.24) is 20.3 Å². The number of aryl methyl sites for hydroxylation is 1. The molecule has 8 heteroatoms. The molecule has 2 aromatic rings. The fourth-order valence-corrected chi connectivity index (χ4v) is 1.77. The van der Waals surface area contributed by atoms with Gasteiger partial charge in [-0.3, -0.25) is 4.79 Å². The maximum atomic E-state index is 11.9. The predicted octanol–water partition coefficient (Wildman–Crippen LogP) is -0.374. The molecule has 1 heterocycles. The van der Waals surface area contributed by atoms with E-state index in [1.165, 1.54) is 6.07 Å². The number of fused-ring (bicyclic) bond motifs is 1. The minimum absolute atomic E-state index is 0.264. The molecule has 0 saturated carbocycles. The Morgan fingerprint density at radius 2 is 2.20 bits per heavy atom. The maximum absolute atomic E-state index is 11.9. The first-order valence-electron chi connectivity index (χ1n) is 6.04. The molecule has 1 aromatic carbocycles. The third kappa shape index (κ3) is 2.59. The second-order valence-corrected chi connectivity index (χ2v) is 4.16. The van der Waals surface area contributed by atoms with Crippen molar-refractivity contribution in [2.24, 2.45) is 0 Å². The third-order valence-corrected chi connectivity index (χ3v) is 2.86. The Morgan fingerprint density at radius 1 is 1.45 bits per heavy atom. The van der Waals surface area contributed by atoms with E-state index < -0.39 is 24.5 Å². The van der Waals surface area contributed by atoms with E-state index in [9.17, 15) is 9.59 Å². The highest BCUT2D eigenvalue weighted by molar-refractivity contribution is 5.99. The molecule has 3 N–H and O–H groups in total. The van der Waals surface area contributed by atoms with Crippen LogP contribution in [0.25, 0.3) is 11.0 Å². The summed E-state index contributed by atoms with van der Waals surface area (Å²) in [4.78, 5) is 22.6. The van der Waals surface area contributed by atoms with Crippen LogP contribution in [0.2, 0.25) is 0 Å². The topological polar surface area (TPSA) is 117 Å². The molecule has 0 aliphatic heterocycles. The quantitative estimate of drug-likeness (QED) is 0.686. The SMILES string of the molecule is CCn1nnc2cc(C(=O)NC(CO)C(=O)O)ccc21. The molecule has 8 nitrogen and oxygen atoms in total. The molecule has 0 radical (unpaired) electrons. The Hall–Kier alpha value is -2.48. The van der Waals surface area contributed by atoms with E-state index in [1.807, 2.05) is 6.92 Å². The van der Waals surface area contributed by atoms with Crippen molar-refractivity contribution in [2.75, 3.05) is 6.61 Å². The lowest BCUT2D eigenvalue weighted by Crippen LogP contribution is -2.43. The van der Waals surface area contributed by atoms with Gasteiger partial charge in [-0.1, -0.05) is 5.21 Å². The van der Waals surface area contributed by atoms with E-state index >= 15 is 0 Å². The number of aromatic nitrogens is 3.